The number of carboxylic acids is 1. The third-order valence-electron chi connectivity index (χ3n) is 11.3. The maximum Gasteiger partial charge on any atom is 0.326 e. The monoisotopic (exact) mass is 559 g/mol. The number of ketones is 2. The van der Waals surface area contributed by atoms with Crippen LogP contribution < -0.4 is 5.32 Å². The van der Waals surface area contributed by atoms with Crippen LogP contribution in [0.15, 0.2) is 11.6 Å². The number of carboxylic acid groups (broad SMARTS) is 1. The minimum absolute atomic E-state index is 0.00373. The Kier molecular flexibility index (Phi) is 8.65. The van der Waals surface area contributed by atoms with Gasteiger partial charge in [-0.2, -0.15) is 0 Å². The van der Waals surface area contributed by atoms with Gasteiger partial charge in [-0.3, -0.25) is 19.2 Å². The molecule has 0 aromatic carbocycles. The van der Waals surface area contributed by atoms with E-state index in [4.69, 9.17) is 4.74 Å². The highest BCUT2D eigenvalue weighted by molar-refractivity contribution is 5.92. The molecule has 0 aromatic rings. The lowest BCUT2D eigenvalue weighted by Gasteiger charge is -2.58. The van der Waals surface area contributed by atoms with Crippen molar-refractivity contribution in [3.63, 3.8) is 0 Å². The van der Waals surface area contributed by atoms with Crippen LogP contribution in [-0.2, 0) is 28.7 Å². The zero-order chi connectivity index (χ0) is 29.5. The van der Waals surface area contributed by atoms with Gasteiger partial charge in [-0.05, 0) is 80.1 Å². The fourth-order valence-electron chi connectivity index (χ4n) is 8.52. The molecular formula is C31H45NO8. The number of hydrogen-bond donors (Lipinski definition) is 3. The number of hydrogen-bond acceptors (Lipinski definition) is 7. The molecule has 0 heterocycles. The van der Waals surface area contributed by atoms with Gasteiger partial charge in [-0.15, -0.1) is 0 Å². The average Bonchev–Trinajstić information content (AvgIpc) is 3.20. The molecule has 9 nitrogen and oxygen atoms in total. The fourth-order valence-corrected chi connectivity index (χ4v) is 8.52. The molecule has 3 saturated carbocycles. The second-order valence-corrected chi connectivity index (χ2v) is 13.2. The lowest BCUT2D eigenvalue weighted by molar-refractivity contribution is -0.170. The number of esters is 1. The molecule has 1 amide bonds. The van der Waals surface area contributed by atoms with Gasteiger partial charge in [0.05, 0.1) is 6.42 Å². The van der Waals surface area contributed by atoms with Crippen LogP contribution in [0.4, 0.5) is 0 Å². The van der Waals surface area contributed by atoms with E-state index in [-0.39, 0.29) is 35.9 Å². The summed E-state index contributed by atoms with van der Waals surface area (Å²) in [5, 5.41) is 23.6. The van der Waals surface area contributed by atoms with Gasteiger partial charge in [0, 0.05) is 18.3 Å². The average molecular weight is 560 g/mol. The van der Waals surface area contributed by atoms with Crippen molar-refractivity contribution in [2.75, 3.05) is 6.61 Å². The van der Waals surface area contributed by atoms with Crippen LogP contribution in [0.1, 0.15) is 98.3 Å². The van der Waals surface area contributed by atoms with Crippen molar-refractivity contribution in [2.45, 2.75) is 110 Å². The molecule has 4 aliphatic carbocycles. The Morgan fingerprint density at radius 2 is 1.75 bits per heavy atom. The second kappa shape index (κ2) is 11.4. The van der Waals surface area contributed by atoms with Crippen molar-refractivity contribution < 1.29 is 38.9 Å². The molecule has 0 aromatic heterocycles. The molecule has 8 atom stereocenters. The van der Waals surface area contributed by atoms with Gasteiger partial charge in [0.1, 0.15) is 11.6 Å². The van der Waals surface area contributed by atoms with E-state index in [1.807, 2.05) is 19.9 Å². The predicted molar refractivity (Wildman–Crippen MR) is 146 cm³/mol. The van der Waals surface area contributed by atoms with Gasteiger partial charge in [-0.25, -0.2) is 4.79 Å². The van der Waals surface area contributed by atoms with Gasteiger partial charge in [0.2, 0.25) is 11.7 Å². The summed E-state index contributed by atoms with van der Waals surface area (Å²) in [6.45, 7) is 7.31. The number of allylic oxidation sites excluding steroid dienone is 1. The SMILES string of the molecule is CCC(C)C(NC(=O)CCC(=O)OCC(=O)C1(O)CCC2C3CCC4=CC(=O)CCC4(C)C3CCC21C)C(=O)O. The third kappa shape index (κ3) is 5.26. The van der Waals surface area contributed by atoms with Crippen molar-refractivity contribution >= 4 is 29.4 Å². The van der Waals surface area contributed by atoms with Crippen LogP contribution in [-0.4, -0.2) is 57.9 Å². The van der Waals surface area contributed by atoms with E-state index in [2.05, 4.69) is 12.2 Å². The van der Waals surface area contributed by atoms with Crippen molar-refractivity contribution in [3.8, 4) is 0 Å². The number of carbonyl (C=O) groups is 5. The number of aliphatic carboxylic acids is 1. The quantitative estimate of drug-likeness (QED) is 0.343. The zero-order valence-corrected chi connectivity index (χ0v) is 24.3. The van der Waals surface area contributed by atoms with E-state index in [1.54, 1.807) is 6.92 Å². The summed E-state index contributed by atoms with van der Waals surface area (Å²) in [7, 11) is 0. The van der Waals surface area contributed by atoms with E-state index in [0.29, 0.717) is 37.5 Å². The summed E-state index contributed by atoms with van der Waals surface area (Å²) >= 11 is 0. The van der Waals surface area contributed by atoms with Crippen molar-refractivity contribution in [1.29, 1.82) is 0 Å². The summed E-state index contributed by atoms with van der Waals surface area (Å²) in [4.78, 5) is 61.4. The van der Waals surface area contributed by atoms with Gasteiger partial charge < -0.3 is 20.3 Å². The summed E-state index contributed by atoms with van der Waals surface area (Å²) in [5.41, 5.74) is -0.910. The Balaban J connectivity index is 1.33. The molecule has 0 bridgehead atoms. The fraction of sp³-hybridized carbons (Fsp3) is 0.774. The number of rotatable bonds is 10. The van der Waals surface area contributed by atoms with E-state index in [1.165, 1.54) is 5.57 Å². The van der Waals surface area contributed by atoms with Crippen LogP contribution in [0.2, 0.25) is 0 Å². The highest BCUT2D eigenvalue weighted by Gasteiger charge is 2.66. The molecule has 3 fully saturated rings. The van der Waals surface area contributed by atoms with Gasteiger partial charge in [0.15, 0.2) is 12.4 Å². The first-order chi connectivity index (χ1) is 18.8. The van der Waals surface area contributed by atoms with Crippen molar-refractivity contribution in [3.05, 3.63) is 11.6 Å². The lowest BCUT2D eigenvalue weighted by Crippen LogP contribution is -2.58. The Bertz CT molecular complexity index is 1100. The predicted octanol–water partition coefficient (Wildman–Crippen LogP) is 3.76. The first kappa shape index (κ1) is 30.4. The lowest BCUT2D eigenvalue weighted by atomic mass is 9.46. The summed E-state index contributed by atoms with van der Waals surface area (Å²) < 4.78 is 5.20. The number of Topliss-reactive ketones (excluding diaryl/α,β-unsaturated/α-hetero) is 1. The summed E-state index contributed by atoms with van der Waals surface area (Å²) in [6.07, 6.45) is 7.87. The van der Waals surface area contributed by atoms with Crippen LogP contribution in [0.5, 0.6) is 0 Å². The van der Waals surface area contributed by atoms with Crippen LogP contribution in [0.3, 0.4) is 0 Å². The van der Waals surface area contributed by atoms with Crippen LogP contribution in [0.25, 0.3) is 0 Å². The van der Waals surface area contributed by atoms with E-state index >= 15 is 0 Å². The van der Waals surface area contributed by atoms with Crippen LogP contribution >= 0.6 is 0 Å². The smallest absolute Gasteiger partial charge is 0.326 e. The third-order valence-corrected chi connectivity index (χ3v) is 11.3. The molecule has 0 aliphatic heterocycles. The van der Waals surface area contributed by atoms with Crippen LogP contribution in [0, 0.1) is 34.5 Å². The number of fused-ring (bicyclic) bond motifs is 5. The Morgan fingerprint density at radius 1 is 1.05 bits per heavy atom. The van der Waals surface area contributed by atoms with Gasteiger partial charge in [0.25, 0.3) is 0 Å². The molecule has 222 valence electrons. The molecule has 40 heavy (non-hydrogen) atoms. The zero-order valence-electron chi connectivity index (χ0n) is 24.3. The van der Waals surface area contributed by atoms with E-state index in [9.17, 15) is 34.2 Å². The van der Waals surface area contributed by atoms with Crippen molar-refractivity contribution in [2.24, 2.45) is 34.5 Å². The summed E-state index contributed by atoms with van der Waals surface area (Å²) in [5.74, 6) is -1.99. The van der Waals surface area contributed by atoms with Crippen molar-refractivity contribution in [1.82, 2.24) is 5.32 Å². The topological polar surface area (TPSA) is 147 Å². The largest absolute Gasteiger partial charge is 0.480 e. The Morgan fingerprint density at radius 3 is 2.42 bits per heavy atom. The Labute approximate surface area is 236 Å². The minimum atomic E-state index is -1.58. The maximum absolute atomic E-state index is 13.4. The minimum Gasteiger partial charge on any atom is -0.480 e. The number of carbonyl (C=O) groups excluding carboxylic acids is 4. The van der Waals surface area contributed by atoms with Gasteiger partial charge >= 0.3 is 11.9 Å². The standard InChI is InChI=1S/C31H45NO8/c1-5-18(2)27(28(37)38)32-25(35)8-9-26(36)40-17-24(34)31(39)15-12-23-21-7-6-19-16-20(33)10-13-29(19,3)22(21)11-14-30(23,31)4/h16,18,21-23,27,39H,5-15,17H2,1-4H3,(H,32,35)(H,37,38). The molecular weight excluding hydrogens is 514 g/mol. The molecule has 4 aliphatic rings. The number of amides is 1. The number of aliphatic hydroxyl groups is 1. The van der Waals surface area contributed by atoms with Gasteiger partial charge in [-0.1, -0.05) is 39.7 Å². The first-order valence-electron chi connectivity index (χ1n) is 14.9. The highest BCUT2D eigenvalue weighted by Crippen LogP contribution is 2.67. The molecule has 0 saturated heterocycles. The molecule has 9 heteroatoms. The molecule has 8 unspecified atom stereocenters. The van der Waals surface area contributed by atoms with E-state index in [0.717, 1.165) is 32.1 Å². The Hall–Kier alpha value is -2.55. The number of nitrogens with one attached hydrogen (secondary N) is 1. The summed E-state index contributed by atoms with van der Waals surface area (Å²) in [6, 6.07) is -1.04. The molecule has 0 spiro atoms. The van der Waals surface area contributed by atoms with E-state index < -0.39 is 47.3 Å². The second-order valence-electron chi connectivity index (χ2n) is 13.2. The molecule has 0 radical (unpaired) electrons. The molecule has 4 rings (SSSR count). The maximum atomic E-state index is 13.4. The number of ether oxygens (including phenoxy) is 1. The molecule has 3 N–H and O–H groups in total. The normalized spacial score (nSPS) is 36.3. The first-order valence-corrected chi connectivity index (χ1v) is 14.9. The highest BCUT2D eigenvalue weighted by atomic mass is 16.5.